The van der Waals surface area contributed by atoms with Crippen molar-refractivity contribution in [2.45, 2.75) is 37.8 Å². The molecule has 2 atom stereocenters. The number of carbonyl (C=O) groups excluding carboxylic acids is 2. The van der Waals surface area contributed by atoms with Gasteiger partial charge in [0.05, 0.1) is 6.04 Å². The summed E-state index contributed by atoms with van der Waals surface area (Å²) < 4.78 is 0. The van der Waals surface area contributed by atoms with Crippen LogP contribution in [0.3, 0.4) is 0 Å². The molecule has 0 radical (unpaired) electrons. The predicted octanol–water partition coefficient (Wildman–Crippen LogP) is 3.01. The molecule has 4 N–H and O–H groups in total. The molecule has 2 rings (SSSR count). The molecule has 0 aromatic heterocycles. The molecule has 0 unspecified atom stereocenters. The molecular formula is C24H34ClN3O3S. The number of likely N-dealkylation sites (N-methyl/N-ethyl adjacent to an activating group) is 1. The molecule has 6 nitrogen and oxygen atoms in total. The molecule has 0 fully saturated rings. The van der Waals surface area contributed by atoms with Crippen LogP contribution in [0.5, 0.6) is 5.75 Å². The lowest BCUT2D eigenvalue weighted by atomic mass is 10.0. The highest BCUT2D eigenvalue weighted by molar-refractivity contribution is 7.98. The Bertz CT molecular complexity index is 821. The van der Waals surface area contributed by atoms with Crippen molar-refractivity contribution in [3.05, 3.63) is 65.7 Å². The van der Waals surface area contributed by atoms with Crippen molar-refractivity contribution in [1.82, 2.24) is 10.2 Å². The van der Waals surface area contributed by atoms with E-state index in [9.17, 15) is 14.7 Å². The summed E-state index contributed by atoms with van der Waals surface area (Å²) in [5.74, 6) is 0.499. The van der Waals surface area contributed by atoms with E-state index in [1.54, 1.807) is 48.0 Å². The lowest BCUT2D eigenvalue weighted by molar-refractivity contribution is -0.135. The number of halogens is 1. The monoisotopic (exact) mass is 479 g/mol. The molecule has 176 valence electrons. The molecule has 0 saturated carbocycles. The van der Waals surface area contributed by atoms with Crippen LogP contribution in [0.15, 0.2) is 54.6 Å². The summed E-state index contributed by atoms with van der Waals surface area (Å²) in [6.45, 7) is 0.624. The van der Waals surface area contributed by atoms with Crippen molar-refractivity contribution in [3.8, 4) is 5.75 Å². The van der Waals surface area contributed by atoms with Gasteiger partial charge in [-0.1, -0.05) is 42.5 Å². The predicted molar refractivity (Wildman–Crippen MR) is 134 cm³/mol. The summed E-state index contributed by atoms with van der Waals surface area (Å²) in [5.41, 5.74) is 8.18. The van der Waals surface area contributed by atoms with Gasteiger partial charge in [-0.2, -0.15) is 11.8 Å². The number of nitrogens with one attached hydrogen (secondary N) is 1. The largest absolute Gasteiger partial charge is 0.508 e. The Morgan fingerprint density at radius 3 is 2.38 bits per heavy atom. The lowest BCUT2D eigenvalue weighted by Gasteiger charge is -2.25. The van der Waals surface area contributed by atoms with Crippen LogP contribution in [0, 0.1) is 0 Å². The van der Waals surface area contributed by atoms with Crippen LogP contribution in [0.4, 0.5) is 0 Å². The smallest absolute Gasteiger partial charge is 0.244 e. The summed E-state index contributed by atoms with van der Waals surface area (Å²) in [4.78, 5) is 27.3. The van der Waals surface area contributed by atoms with Gasteiger partial charge >= 0.3 is 0 Å². The maximum atomic E-state index is 13.0. The van der Waals surface area contributed by atoms with E-state index in [4.69, 9.17) is 5.73 Å². The van der Waals surface area contributed by atoms with E-state index in [0.29, 0.717) is 19.4 Å². The lowest BCUT2D eigenvalue weighted by Crippen LogP contribution is -2.52. The van der Waals surface area contributed by atoms with Gasteiger partial charge in [0, 0.05) is 13.6 Å². The number of aromatic hydroxyl groups is 1. The van der Waals surface area contributed by atoms with E-state index in [1.807, 2.05) is 24.5 Å². The maximum absolute atomic E-state index is 13.0. The molecule has 0 bridgehead atoms. The van der Waals surface area contributed by atoms with Crippen molar-refractivity contribution in [2.75, 3.05) is 25.6 Å². The number of aryl methyl sites for hydroxylation is 1. The summed E-state index contributed by atoms with van der Waals surface area (Å²) >= 11 is 1.64. The molecule has 0 aliphatic carbocycles. The van der Waals surface area contributed by atoms with Gasteiger partial charge in [-0.25, -0.2) is 0 Å². The fourth-order valence-electron chi connectivity index (χ4n) is 3.29. The first-order chi connectivity index (χ1) is 14.9. The second kappa shape index (κ2) is 14.8. The van der Waals surface area contributed by atoms with Gasteiger partial charge in [0.25, 0.3) is 0 Å². The number of hydrogen-bond donors (Lipinski definition) is 3. The molecule has 8 heteroatoms. The summed E-state index contributed by atoms with van der Waals surface area (Å²) in [5, 5.41) is 12.2. The molecule has 32 heavy (non-hydrogen) atoms. The standard InChI is InChI=1S/C24H33N3O3S.ClH/c1-27(15-6-9-18-7-4-3-5-8-18)24(30)22(14-16-31-2)26-23(29)21(25)17-19-10-12-20(28)13-11-19;/h3-5,7-8,10-13,21-22,28H,6,9,14-17,25H2,1-2H3,(H,26,29);1H/t21-,22+;/m0./s1. The van der Waals surface area contributed by atoms with Gasteiger partial charge in [-0.05, 0) is 61.0 Å². The molecule has 2 aromatic carbocycles. The Hall–Kier alpha value is -2.22. The molecule has 0 spiro atoms. The highest BCUT2D eigenvalue weighted by Gasteiger charge is 2.26. The number of hydrogen-bond acceptors (Lipinski definition) is 5. The van der Waals surface area contributed by atoms with Crippen LogP contribution in [0.2, 0.25) is 0 Å². The minimum absolute atomic E-state index is 0. The van der Waals surface area contributed by atoms with Crippen LogP contribution in [0.25, 0.3) is 0 Å². The molecular weight excluding hydrogens is 446 g/mol. The van der Waals surface area contributed by atoms with Crippen LogP contribution >= 0.6 is 24.2 Å². The second-order valence-corrected chi connectivity index (χ2v) is 8.65. The van der Waals surface area contributed by atoms with Gasteiger partial charge in [-0.3, -0.25) is 9.59 Å². The van der Waals surface area contributed by atoms with E-state index in [1.165, 1.54) is 5.56 Å². The number of nitrogens with zero attached hydrogens (tertiary/aromatic N) is 1. The third-order valence-corrected chi connectivity index (χ3v) is 5.78. The number of carbonyl (C=O) groups is 2. The number of benzene rings is 2. The zero-order valence-corrected chi connectivity index (χ0v) is 20.3. The van der Waals surface area contributed by atoms with Crippen LogP contribution in [-0.4, -0.2) is 59.5 Å². The Kier molecular flexibility index (Phi) is 12.8. The fourth-order valence-corrected chi connectivity index (χ4v) is 3.76. The molecule has 2 amide bonds. The Labute approximate surface area is 201 Å². The summed E-state index contributed by atoms with van der Waals surface area (Å²) in [7, 11) is 1.78. The minimum atomic E-state index is -0.766. The average molecular weight is 480 g/mol. The van der Waals surface area contributed by atoms with Crippen molar-refractivity contribution in [1.29, 1.82) is 0 Å². The number of phenols is 1. The fraction of sp³-hybridized carbons (Fsp3) is 0.417. The summed E-state index contributed by atoms with van der Waals surface area (Å²) in [6.07, 6.45) is 4.63. The number of thioether (sulfide) groups is 1. The highest BCUT2D eigenvalue weighted by Crippen LogP contribution is 2.12. The van der Waals surface area contributed by atoms with Crippen molar-refractivity contribution < 1.29 is 14.7 Å². The van der Waals surface area contributed by atoms with Gasteiger partial charge in [0.1, 0.15) is 11.8 Å². The van der Waals surface area contributed by atoms with Crippen LogP contribution in [-0.2, 0) is 22.4 Å². The minimum Gasteiger partial charge on any atom is -0.508 e. The van der Waals surface area contributed by atoms with Gasteiger partial charge < -0.3 is 21.1 Å². The average Bonchev–Trinajstić information content (AvgIpc) is 2.78. The van der Waals surface area contributed by atoms with Gasteiger partial charge in [0.15, 0.2) is 0 Å². The highest BCUT2D eigenvalue weighted by atomic mass is 35.5. The third-order valence-electron chi connectivity index (χ3n) is 5.13. The van der Waals surface area contributed by atoms with Crippen molar-refractivity contribution in [3.63, 3.8) is 0 Å². The van der Waals surface area contributed by atoms with Crippen LogP contribution in [0.1, 0.15) is 24.0 Å². The zero-order chi connectivity index (χ0) is 22.6. The quantitative estimate of drug-likeness (QED) is 0.435. The second-order valence-electron chi connectivity index (χ2n) is 7.67. The number of amides is 2. The molecule has 0 aliphatic rings. The summed E-state index contributed by atoms with van der Waals surface area (Å²) in [6, 6.07) is 15.4. The van der Waals surface area contributed by atoms with E-state index in [-0.39, 0.29) is 30.0 Å². The Morgan fingerprint density at radius 2 is 1.75 bits per heavy atom. The Balaban J connectivity index is 0.00000512. The van der Waals surface area contributed by atoms with Crippen molar-refractivity contribution >= 4 is 36.0 Å². The molecule has 2 aromatic rings. The Morgan fingerprint density at radius 1 is 1.09 bits per heavy atom. The first-order valence-electron chi connectivity index (χ1n) is 10.5. The third kappa shape index (κ3) is 9.51. The van der Waals surface area contributed by atoms with E-state index in [0.717, 1.165) is 24.2 Å². The van der Waals surface area contributed by atoms with Gasteiger partial charge in [0.2, 0.25) is 11.8 Å². The van der Waals surface area contributed by atoms with Crippen LogP contribution < -0.4 is 11.1 Å². The maximum Gasteiger partial charge on any atom is 0.244 e. The number of nitrogens with two attached hydrogens (primary N) is 1. The van der Waals surface area contributed by atoms with E-state index >= 15 is 0 Å². The normalized spacial score (nSPS) is 12.3. The van der Waals surface area contributed by atoms with E-state index in [2.05, 4.69) is 17.4 Å². The zero-order valence-electron chi connectivity index (χ0n) is 18.7. The number of phenolic OH excluding ortho intramolecular Hbond substituents is 1. The topological polar surface area (TPSA) is 95.7 Å². The van der Waals surface area contributed by atoms with Crippen molar-refractivity contribution in [2.24, 2.45) is 5.73 Å². The van der Waals surface area contributed by atoms with E-state index < -0.39 is 12.1 Å². The SMILES string of the molecule is CSCC[C@@H](NC(=O)[C@@H](N)Cc1ccc(O)cc1)C(=O)N(C)CCCc1ccccc1.Cl. The molecule has 0 aliphatic heterocycles. The molecule has 0 saturated heterocycles. The first-order valence-corrected chi connectivity index (χ1v) is 11.9. The number of rotatable bonds is 12. The molecule has 0 heterocycles. The first kappa shape index (κ1) is 27.8. The van der Waals surface area contributed by atoms with Gasteiger partial charge in [-0.15, -0.1) is 12.4 Å².